The minimum Gasteiger partial charge on any atom is -0.381 e. The maximum absolute atomic E-state index is 5.41. The van der Waals surface area contributed by atoms with Crippen LogP contribution in [0.25, 0.3) is 0 Å². The molecule has 0 spiro atoms. The number of methoxy groups -OCH3 is 1. The molecule has 2 heteroatoms. The van der Waals surface area contributed by atoms with E-state index in [0.29, 0.717) is 6.10 Å². The summed E-state index contributed by atoms with van der Waals surface area (Å²) in [7, 11) is 1.82. The molecule has 0 bridgehead atoms. The minimum absolute atomic E-state index is 0.456. The Bertz CT molecular complexity index is 450. The van der Waals surface area contributed by atoms with Crippen molar-refractivity contribution in [1.82, 2.24) is 4.90 Å². The van der Waals surface area contributed by atoms with Gasteiger partial charge in [-0.3, -0.25) is 4.90 Å². The van der Waals surface area contributed by atoms with Crippen molar-refractivity contribution in [1.29, 1.82) is 0 Å². The molecule has 0 radical (unpaired) electrons. The fraction of sp³-hybridized carbons (Fsp3) is 0.529. The molecule has 0 N–H and O–H groups in total. The third-order valence-electron chi connectivity index (χ3n) is 3.61. The molecule has 102 valence electrons. The molecule has 1 aliphatic heterocycles. The van der Waals surface area contributed by atoms with Gasteiger partial charge >= 0.3 is 0 Å². The van der Waals surface area contributed by atoms with Crippen molar-refractivity contribution in [3.63, 3.8) is 0 Å². The summed E-state index contributed by atoms with van der Waals surface area (Å²) >= 11 is 0. The van der Waals surface area contributed by atoms with Gasteiger partial charge in [0.15, 0.2) is 0 Å². The molecular formula is C17H23NO. The van der Waals surface area contributed by atoms with Crippen LogP contribution in [-0.4, -0.2) is 31.2 Å². The van der Waals surface area contributed by atoms with E-state index in [1.807, 2.05) is 7.11 Å². The number of likely N-dealkylation sites (tertiary alicyclic amines) is 1. The minimum atomic E-state index is 0.456. The van der Waals surface area contributed by atoms with Crippen LogP contribution < -0.4 is 0 Å². The van der Waals surface area contributed by atoms with Crippen molar-refractivity contribution in [3.8, 4) is 11.8 Å². The van der Waals surface area contributed by atoms with Crippen LogP contribution in [-0.2, 0) is 11.3 Å². The SMILES string of the molecule is CCC#Cc1cccc(CN2CCC(OC)CC2)c1. The second kappa shape index (κ2) is 7.33. The third kappa shape index (κ3) is 4.38. The van der Waals surface area contributed by atoms with Crippen molar-refractivity contribution < 1.29 is 4.74 Å². The quantitative estimate of drug-likeness (QED) is 0.772. The monoisotopic (exact) mass is 257 g/mol. The van der Waals surface area contributed by atoms with E-state index in [0.717, 1.165) is 44.5 Å². The van der Waals surface area contributed by atoms with Crippen molar-refractivity contribution in [3.05, 3.63) is 35.4 Å². The normalized spacial score (nSPS) is 16.9. The van der Waals surface area contributed by atoms with Gasteiger partial charge < -0.3 is 4.74 Å². The molecule has 1 saturated heterocycles. The van der Waals surface area contributed by atoms with Crippen molar-refractivity contribution >= 4 is 0 Å². The van der Waals surface area contributed by atoms with E-state index in [1.54, 1.807) is 0 Å². The van der Waals surface area contributed by atoms with Crippen molar-refractivity contribution in [2.75, 3.05) is 20.2 Å². The first-order valence-corrected chi connectivity index (χ1v) is 7.14. The van der Waals surface area contributed by atoms with Gasteiger partial charge in [-0.25, -0.2) is 0 Å². The fourth-order valence-corrected chi connectivity index (χ4v) is 2.50. The largest absolute Gasteiger partial charge is 0.381 e. The zero-order valence-corrected chi connectivity index (χ0v) is 12.0. The molecule has 0 unspecified atom stereocenters. The highest BCUT2D eigenvalue weighted by Gasteiger charge is 2.18. The Labute approximate surface area is 116 Å². The van der Waals surface area contributed by atoms with Crippen LogP contribution in [0.1, 0.15) is 37.3 Å². The molecule has 0 aromatic heterocycles. The van der Waals surface area contributed by atoms with Crippen LogP contribution in [0.4, 0.5) is 0 Å². The second-order valence-corrected chi connectivity index (χ2v) is 5.07. The number of rotatable bonds is 3. The van der Waals surface area contributed by atoms with E-state index >= 15 is 0 Å². The number of ether oxygens (including phenoxy) is 1. The van der Waals surface area contributed by atoms with E-state index in [2.05, 4.69) is 47.9 Å². The van der Waals surface area contributed by atoms with Crippen LogP contribution in [0, 0.1) is 11.8 Å². The first-order chi connectivity index (χ1) is 9.31. The standard InChI is InChI=1S/C17H23NO/c1-3-4-6-15-7-5-8-16(13-15)14-18-11-9-17(19-2)10-12-18/h5,7-8,13,17H,3,9-12,14H2,1-2H3. The van der Waals surface area contributed by atoms with Gasteiger partial charge in [0.2, 0.25) is 0 Å². The summed E-state index contributed by atoms with van der Waals surface area (Å²) in [6, 6.07) is 8.60. The van der Waals surface area contributed by atoms with Crippen LogP contribution in [0.5, 0.6) is 0 Å². The van der Waals surface area contributed by atoms with E-state index in [4.69, 9.17) is 4.74 Å². The summed E-state index contributed by atoms with van der Waals surface area (Å²) in [4.78, 5) is 2.50. The van der Waals surface area contributed by atoms with E-state index in [-0.39, 0.29) is 0 Å². The highest BCUT2D eigenvalue weighted by atomic mass is 16.5. The topological polar surface area (TPSA) is 12.5 Å². The first kappa shape index (κ1) is 14.1. The lowest BCUT2D eigenvalue weighted by atomic mass is 10.1. The molecule has 1 aromatic rings. The van der Waals surface area contributed by atoms with Gasteiger partial charge in [0.1, 0.15) is 0 Å². The lowest BCUT2D eigenvalue weighted by molar-refractivity contribution is 0.0388. The predicted molar refractivity (Wildman–Crippen MR) is 78.9 cm³/mol. The molecule has 0 saturated carbocycles. The molecule has 0 atom stereocenters. The molecule has 1 heterocycles. The van der Waals surface area contributed by atoms with E-state index in [1.165, 1.54) is 5.56 Å². The molecule has 0 aliphatic carbocycles. The Balaban J connectivity index is 1.92. The van der Waals surface area contributed by atoms with Gasteiger partial charge in [-0.05, 0) is 30.5 Å². The van der Waals surface area contributed by atoms with Crippen molar-refractivity contribution in [2.45, 2.75) is 38.8 Å². The zero-order valence-electron chi connectivity index (χ0n) is 12.0. The van der Waals surface area contributed by atoms with E-state index in [9.17, 15) is 0 Å². The number of benzene rings is 1. The number of nitrogens with zero attached hydrogens (tertiary/aromatic N) is 1. The molecular weight excluding hydrogens is 234 g/mol. The Hall–Kier alpha value is -1.30. The van der Waals surface area contributed by atoms with Crippen molar-refractivity contribution in [2.24, 2.45) is 0 Å². The van der Waals surface area contributed by atoms with Crippen LogP contribution in [0.15, 0.2) is 24.3 Å². The predicted octanol–water partition coefficient (Wildman–Crippen LogP) is 3.06. The molecule has 1 aromatic carbocycles. The van der Waals surface area contributed by atoms with Gasteiger partial charge in [-0.15, -0.1) is 0 Å². The summed E-state index contributed by atoms with van der Waals surface area (Å²) in [5.74, 6) is 6.33. The van der Waals surface area contributed by atoms with Crippen LogP contribution >= 0.6 is 0 Å². The molecule has 1 aliphatic rings. The zero-order chi connectivity index (χ0) is 13.5. The first-order valence-electron chi connectivity index (χ1n) is 7.14. The molecule has 2 nitrogen and oxygen atoms in total. The van der Waals surface area contributed by atoms with E-state index < -0.39 is 0 Å². The number of hydrogen-bond acceptors (Lipinski definition) is 2. The summed E-state index contributed by atoms with van der Waals surface area (Å²) < 4.78 is 5.41. The Kier molecular flexibility index (Phi) is 5.44. The molecule has 1 fully saturated rings. The average Bonchev–Trinajstić information content (AvgIpc) is 2.46. The summed E-state index contributed by atoms with van der Waals surface area (Å²) in [5.41, 5.74) is 2.49. The Morgan fingerprint density at radius 1 is 1.32 bits per heavy atom. The van der Waals surface area contributed by atoms with Crippen LogP contribution in [0.2, 0.25) is 0 Å². The lowest BCUT2D eigenvalue weighted by Gasteiger charge is -2.31. The second-order valence-electron chi connectivity index (χ2n) is 5.07. The molecule has 2 rings (SSSR count). The summed E-state index contributed by atoms with van der Waals surface area (Å²) in [6.07, 6.45) is 3.66. The summed E-state index contributed by atoms with van der Waals surface area (Å²) in [5, 5.41) is 0. The summed E-state index contributed by atoms with van der Waals surface area (Å²) in [6.45, 7) is 5.36. The molecule has 0 amide bonds. The van der Waals surface area contributed by atoms with Gasteiger partial charge in [0, 0.05) is 38.7 Å². The van der Waals surface area contributed by atoms with Gasteiger partial charge in [-0.2, -0.15) is 0 Å². The smallest absolute Gasteiger partial charge is 0.0595 e. The van der Waals surface area contributed by atoms with Crippen LogP contribution in [0.3, 0.4) is 0 Å². The highest BCUT2D eigenvalue weighted by Crippen LogP contribution is 2.16. The van der Waals surface area contributed by atoms with Gasteiger partial charge in [0.05, 0.1) is 6.10 Å². The van der Waals surface area contributed by atoms with Gasteiger partial charge in [-0.1, -0.05) is 30.9 Å². The fourth-order valence-electron chi connectivity index (χ4n) is 2.50. The number of piperidine rings is 1. The highest BCUT2D eigenvalue weighted by molar-refractivity contribution is 5.37. The molecule has 19 heavy (non-hydrogen) atoms. The third-order valence-corrected chi connectivity index (χ3v) is 3.61. The maximum Gasteiger partial charge on any atom is 0.0595 e. The Morgan fingerprint density at radius 2 is 2.11 bits per heavy atom. The maximum atomic E-state index is 5.41. The number of hydrogen-bond donors (Lipinski definition) is 0. The lowest BCUT2D eigenvalue weighted by Crippen LogP contribution is -2.36. The van der Waals surface area contributed by atoms with Gasteiger partial charge in [0.25, 0.3) is 0 Å². The average molecular weight is 257 g/mol. The Morgan fingerprint density at radius 3 is 2.79 bits per heavy atom.